The van der Waals surface area contributed by atoms with Crippen LogP contribution in [0.4, 0.5) is 10.1 Å². The maximum absolute atomic E-state index is 14.8. The lowest BCUT2D eigenvalue weighted by Crippen LogP contribution is -2.37. The average Bonchev–Trinajstić information content (AvgIpc) is 3.03. The Labute approximate surface area is 169 Å². The summed E-state index contributed by atoms with van der Waals surface area (Å²) >= 11 is 4.91. The molecule has 0 saturated carbocycles. The molecule has 1 unspecified atom stereocenters. The standard InChI is InChI=1S/C20H23FN4O2S/c1-24(20(23)28)12-15-11-16(19(26)27-15)14-2-3-18(17(21)10-14)25-8-5-13(4-7-22)6-9-25/h2-4,10,15-16H,5-6,8-9,11-12H2,1H3,(H2,23,28)/t15-,16?/m0/s1. The molecule has 0 aliphatic carbocycles. The van der Waals surface area contributed by atoms with Gasteiger partial charge >= 0.3 is 5.97 Å². The number of halogens is 1. The molecule has 2 atom stereocenters. The van der Waals surface area contributed by atoms with Gasteiger partial charge in [0.15, 0.2) is 5.11 Å². The summed E-state index contributed by atoms with van der Waals surface area (Å²) in [5.41, 5.74) is 7.81. The first-order chi connectivity index (χ1) is 13.4. The van der Waals surface area contributed by atoms with Crippen LogP contribution in [-0.2, 0) is 9.53 Å². The minimum absolute atomic E-state index is 0.240. The molecule has 0 aromatic heterocycles. The number of carbonyl (C=O) groups excluding carboxylic acids is 1. The van der Waals surface area contributed by atoms with Gasteiger partial charge in [-0.25, -0.2) is 4.39 Å². The van der Waals surface area contributed by atoms with E-state index in [-0.39, 0.29) is 23.0 Å². The highest BCUT2D eigenvalue weighted by Gasteiger charge is 2.36. The first kappa shape index (κ1) is 20.1. The predicted octanol–water partition coefficient (Wildman–Crippen LogP) is 2.45. The van der Waals surface area contributed by atoms with Crippen LogP contribution in [0.2, 0.25) is 0 Å². The molecule has 2 N–H and O–H groups in total. The third kappa shape index (κ3) is 4.42. The average molecular weight is 402 g/mol. The van der Waals surface area contributed by atoms with Crippen LogP contribution < -0.4 is 10.6 Å². The highest BCUT2D eigenvalue weighted by Crippen LogP contribution is 2.34. The van der Waals surface area contributed by atoms with Crippen molar-refractivity contribution >= 4 is 29.0 Å². The SMILES string of the molecule is CN(C[C@@H]1CC(c2ccc(N3CCC(=CC#N)CC3)c(F)c2)C(=O)O1)C(N)=S. The largest absolute Gasteiger partial charge is 0.460 e. The second-order valence-electron chi connectivity index (χ2n) is 7.20. The van der Waals surface area contributed by atoms with Crippen molar-refractivity contribution in [2.75, 3.05) is 31.6 Å². The van der Waals surface area contributed by atoms with Crippen molar-refractivity contribution < 1.29 is 13.9 Å². The van der Waals surface area contributed by atoms with E-state index in [1.165, 1.54) is 6.07 Å². The number of esters is 1. The number of allylic oxidation sites excluding steroid dienone is 1. The van der Waals surface area contributed by atoms with Gasteiger partial charge in [-0.2, -0.15) is 5.26 Å². The minimum atomic E-state index is -0.486. The molecule has 8 heteroatoms. The van der Waals surface area contributed by atoms with Crippen molar-refractivity contribution in [3.63, 3.8) is 0 Å². The van der Waals surface area contributed by atoms with E-state index in [9.17, 15) is 9.18 Å². The van der Waals surface area contributed by atoms with Crippen LogP contribution >= 0.6 is 12.2 Å². The van der Waals surface area contributed by atoms with Gasteiger partial charge in [-0.15, -0.1) is 0 Å². The number of piperidine rings is 1. The predicted molar refractivity (Wildman–Crippen MR) is 108 cm³/mol. The molecule has 2 saturated heterocycles. The van der Waals surface area contributed by atoms with Crippen LogP contribution in [0.3, 0.4) is 0 Å². The number of rotatable bonds is 4. The normalized spacial score (nSPS) is 21.8. The second kappa shape index (κ2) is 8.57. The van der Waals surface area contributed by atoms with Crippen LogP contribution in [0.1, 0.15) is 30.7 Å². The molecule has 0 radical (unpaired) electrons. The fourth-order valence-corrected chi connectivity index (χ4v) is 3.77. The molecule has 0 spiro atoms. The van der Waals surface area contributed by atoms with Gasteiger partial charge in [0.1, 0.15) is 11.9 Å². The summed E-state index contributed by atoms with van der Waals surface area (Å²) in [7, 11) is 1.74. The van der Waals surface area contributed by atoms with Crippen LogP contribution in [-0.4, -0.2) is 48.8 Å². The number of hydrogen-bond donors (Lipinski definition) is 1. The van der Waals surface area contributed by atoms with E-state index in [0.717, 1.165) is 18.4 Å². The van der Waals surface area contributed by atoms with E-state index < -0.39 is 5.92 Å². The van der Waals surface area contributed by atoms with Crippen LogP contribution in [0.25, 0.3) is 0 Å². The molecular weight excluding hydrogens is 379 g/mol. The number of nitrogens with zero attached hydrogens (tertiary/aromatic N) is 3. The lowest BCUT2D eigenvalue weighted by atomic mass is 9.94. The third-order valence-corrected chi connectivity index (χ3v) is 5.62. The van der Waals surface area contributed by atoms with E-state index in [1.807, 2.05) is 4.90 Å². The second-order valence-corrected chi connectivity index (χ2v) is 7.61. The van der Waals surface area contributed by atoms with Gasteiger partial charge in [-0.05, 0) is 42.8 Å². The number of carbonyl (C=O) groups is 1. The quantitative estimate of drug-likeness (QED) is 0.471. The van der Waals surface area contributed by atoms with Gasteiger partial charge in [0.05, 0.1) is 24.2 Å². The zero-order valence-electron chi connectivity index (χ0n) is 15.7. The number of cyclic esters (lactones) is 1. The maximum Gasteiger partial charge on any atom is 0.313 e. The van der Waals surface area contributed by atoms with Gasteiger partial charge in [-0.3, -0.25) is 4.79 Å². The van der Waals surface area contributed by atoms with E-state index >= 15 is 0 Å². The third-order valence-electron chi connectivity index (χ3n) is 5.31. The van der Waals surface area contributed by atoms with Gasteiger partial charge in [0, 0.05) is 32.6 Å². The minimum Gasteiger partial charge on any atom is -0.460 e. The fourth-order valence-electron chi connectivity index (χ4n) is 3.70. The molecule has 0 amide bonds. The molecule has 2 heterocycles. The number of ether oxygens (including phenoxy) is 1. The van der Waals surface area contributed by atoms with E-state index in [1.54, 1.807) is 30.2 Å². The first-order valence-corrected chi connectivity index (χ1v) is 9.63. The Morgan fingerprint density at radius 1 is 1.50 bits per heavy atom. The molecule has 2 aliphatic heterocycles. The Bertz CT molecular complexity index is 841. The monoisotopic (exact) mass is 402 g/mol. The topological polar surface area (TPSA) is 82.6 Å². The van der Waals surface area contributed by atoms with Crippen molar-refractivity contribution in [2.45, 2.75) is 31.3 Å². The number of nitrogens with two attached hydrogens (primary N) is 1. The first-order valence-electron chi connectivity index (χ1n) is 9.22. The fraction of sp³-hybridized carbons (Fsp3) is 0.450. The van der Waals surface area contributed by atoms with Crippen LogP contribution in [0.15, 0.2) is 29.8 Å². The summed E-state index contributed by atoms with van der Waals surface area (Å²) < 4.78 is 20.2. The molecule has 28 heavy (non-hydrogen) atoms. The number of hydrogen-bond acceptors (Lipinski definition) is 5. The van der Waals surface area contributed by atoms with Crippen molar-refractivity contribution in [1.82, 2.24) is 4.90 Å². The summed E-state index contributed by atoms with van der Waals surface area (Å²) in [5.74, 6) is -1.18. The number of benzene rings is 1. The summed E-state index contributed by atoms with van der Waals surface area (Å²) in [5, 5.41) is 8.98. The summed E-state index contributed by atoms with van der Waals surface area (Å²) in [6.07, 6.45) is 3.23. The zero-order chi connectivity index (χ0) is 20.3. The molecule has 0 bridgehead atoms. The number of anilines is 1. The maximum atomic E-state index is 14.8. The molecule has 2 aliphatic rings. The van der Waals surface area contributed by atoms with E-state index in [2.05, 4.69) is 6.07 Å². The Hall–Kier alpha value is -2.66. The van der Waals surface area contributed by atoms with Crippen molar-refractivity contribution in [1.29, 1.82) is 5.26 Å². The summed E-state index contributed by atoms with van der Waals surface area (Å²) in [6.45, 7) is 1.76. The lowest BCUT2D eigenvalue weighted by molar-refractivity contribution is -0.142. The summed E-state index contributed by atoms with van der Waals surface area (Å²) in [6, 6.07) is 7.01. The Balaban J connectivity index is 1.67. The molecule has 1 aromatic rings. The number of thiocarbonyl (C=S) groups is 1. The van der Waals surface area contributed by atoms with Crippen molar-refractivity contribution in [3.8, 4) is 6.07 Å². The Morgan fingerprint density at radius 2 is 2.21 bits per heavy atom. The number of nitriles is 1. The Morgan fingerprint density at radius 3 is 2.82 bits per heavy atom. The van der Waals surface area contributed by atoms with E-state index in [0.29, 0.717) is 37.3 Å². The van der Waals surface area contributed by atoms with Gasteiger partial charge in [0.25, 0.3) is 0 Å². The smallest absolute Gasteiger partial charge is 0.313 e. The van der Waals surface area contributed by atoms with Crippen LogP contribution in [0, 0.1) is 17.1 Å². The van der Waals surface area contributed by atoms with Gasteiger partial charge in [-0.1, -0.05) is 11.6 Å². The van der Waals surface area contributed by atoms with Crippen molar-refractivity contribution in [2.24, 2.45) is 5.73 Å². The van der Waals surface area contributed by atoms with E-state index in [4.69, 9.17) is 28.0 Å². The molecule has 2 fully saturated rings. The van der Waals surface area contributed by atoms with Crippen molar-refractivity contribution in [3.05, 3.63) is 41.2 Å². The number of likely N-dealkylation sites (N-methyl/N-ethyl adjacent to an activating group) is 1. The molecule has 3 rings (SSSR count). The molecular formula is C20H23FN4O2S. The molecule has 148 valence electrons. The molecule has 6 nitrogen and oxygen atoms in total. The molecule has 1 aromatic carbocycles. The lowest BCUT2D eigenvalue weighted by Gasteiger charge is -2.30. The zero-order valence-corrected chi connectivity index (χ0v) is 16.5. The van der Waals surface area contributed by atoms with Gasteiger partial charge in [0.2, 0.25) is 0 Å². The highest BCUT2D eigenvalue weighted by molar-refractivity contribution is 7.80. The van der Waals surface area contributed by atoms with Gasteiger partial charge < -0.3 is 20.3 Å². The van der Waals surface area contributed by atoms with Crippen LogP contribution in [0.5, 0.6) is 0 Å². The highest BCUT2D eigenvalue weighted by atomic mass is 32.1. The summed E-state index contributed by atoms with van der Waals surface area (Å²) in [4.78, 5) is 15.9. The Kier molecular flexibility index (Phi) is 6.15.